The standard InChI is InChI=1S/C14H14N2O5S2/c1-7(13(19)20)15-11(17)8(2)16-12(18)10(23-14(16)22)6-9-4-3-5-21-9/h3-8H,1-2H3,(H,15,17)(H,19,20)/b10-6-. The third kappa shape index (κ3) is 3.80. The molecule has 2 heterocycles. The summed E-state index contributed by atoms with van der Waals surface area (Å²) in [5.74, 6) is -1.66. The molecule has 7 nitrogen and oxygen atoms in total. The first kappa shape index (κ1) is 17.2. The van der Waals surface area contributed by atoms with Crippen LogP contribution in [0.3, 0.4) is 0 Å². The minimum Gasteiger partial charge on any atom is -0.480 e. The van der Waals surface area contributed by atoms with Crippen LogP contribution in [0, 0.1) is 0 Å². The van der Waals surface area contributed by atoms with Crippen LogP contribution < -0.4 is 5.32 Å². The number of nitrogens with one attached hydrogen (secondary N) is 1. The fraction of sp³-hybridized carbons (Fsp3) is 0.286. The Morgan fingerprint density at radius 1 is 1.48 bits per heavy atom. The Bertz CT molecular complexity index is 683. The zero-order valence-electron chi connectivity index (χ0n) is 12.3. The Morgan fingerprint density at radius 3 is 2.74 bits per heavy atom. The molecule has 1 fully saturated rings. The molecule has 2 atom stereocenters. The molecule has 1 aromatic heterocycles. The predicted molar refractivity (Wildman–Crippen MR) is 88.4 cm³/mol. The van der Waals surface area contributed by atoms with Gasteiger partial charge in [-0.1, -0.05) is 24.0 Å². The third-order valence-corrected chi connectivity index (χ3v) is 4.47. The summed E-state index contributed by atoms with van der Waals surface area (Å²) < 4.78 is 5.39. The van der Waals surface area contributed by atoms with Crippen molar-refractivity contribution in [2.45, 2.75) is 25.9 Å². The molecule has 122 valence electrons. The molecule has 0 aromatic carbocycles. The van der Waals surface area contributed by atoms with Gasteiger partial charge in [0, 0.05) is 6.08 Å². The molecule has 1 aliphatic rings. The van der Waals surface area contributed by atoms with Crippen LogP contribution in [0.5, 0.6) is 0 Å². The second-order valence-corrected chi connectivity index (χ2v) is 6.49. The number of furan rings is 1. The SMILES string of the molecule is CC(NC(=O)C(C)N1C(=O)/C(=C/c2ccco2)SC1=S)C(=O)O. The Kier molecular flexibility index (Phi) is 5.22. The first-order valence-electron chi connectivity index (χ1n) is 6.65. The van der Waals surface area contributed by atoms with Crippen LogP contribution in [-0.4, -0.2) is 44.2 Å². The number of hydrogen-bond acceptors (Lipinski definition) is 6. The largest absolute Gasteiger partial charge is 0.480 e. The molecule has 0 aliphatic carbocycles. The lowest BCUT2D eigenvalue weighted by Crippen LogP contribution is -2.50. The number of carboxylic acids is 1. The molecule has 23 heavy (non-hydrogen) atoms. The van der Waals surface area contributed by atoms with Gasteiger partial charge in [-0.15, -0.1) is 0 Å². The van der Waals surface area contributed by atoms with Crippen molar-refractivity contribution in [1.82, 2.24) is 10.2 Å². The predicted octanol–water partition coefficient (Wildman–Crippen LogP) is 1.46. The number of carbonyl (C=O) groups is 3. The fourth-order valence-corrected chi connectivity index (χ4v) is 3.23. The maximum Gasteiger partial charge on any atom is 0.325 e. The minimum atomic E-state index is -1.16. The van der Waals surface area contributed by atoms with Crippen molar-refractivity contribution in [2.24, 2.45) is 0 Å². The average molecular weight is 354 g/mol. The van der Waals surface area contributed by atoms with Crippen molar-refractivity contribution in [2.75, 3.05) is 0 Å². The zero-order chi connectivity index (χ0) is 17.1. The van der Waals surface area contributed by atoms with Crippen LogP contribution in [0.4, 0.5) is 0 Å². The Hall–Kier alpha value is -2.13. The molecular formula is C14H14N2O5S2. The number of thiocarbonyl (C=S) groups is 1. The summed E-state index contributed by atoms with van der Waals surface area (Å²) in [4.78, 5) is 36.8. The summed E-state index contributed by atoms with van der Waals surface area (Å²) in [6.07, 6.45) is 3.03. The molecule has 2 N–H and O–H groups in total. The summed E-state index contributed by atoms with van der Waals surface area (Å²) in [5, 5.41) is 11.1. The quantitative estimate of drug-likeness (QED) is 0.610. The van der Waals surface area contributed by atoms with Crippen LogP contribution >= 0.6 is 24.0 Å². The van der Waals surface area contributed by atoms with Crippen LogP contribution in [0.15, 0.2) is 27.7 Å². The molecule has 2 amide bonds. The lowest BCUT2D eigenvalue weighted by atomic mass is 10.2. The first-order chi connectivity index (χ1) is 10.8. The van der Waals surface area contributed by atoms with Gasteiger partial charge in [0.05, 0.1) is 11.2 Å². The van der Waals surface area contributed by atoms with Gasteiger partial charge in [-0.05, 0) is 26.0 Å². The molecule has 1 saturated heterocycles. The number of nitrogens with zero attached hydrogens (tertiary/aromatic N) is 1. The van der Waals surface area contributed by atoms with E-state index in [4.69, 9.17) is 21.7 Å². The van der Waals surface area contributed by atoms with Gasteiger partial charge in [0.15, 0.2) is 0 Å². The number of carbonyl (C=O) groups excluding carboxylic acids is 2. The summed E-state index contributed by atoms with van der Waals surface area (Å²) in [7, 11) is 0. The van der Waals surface area contributed by atoms with E-state index in [1.165, 1.54) is 25.0 Å². The Labute approximate surface area is 141 Å². The van der Waals surface area contributed by atoms with Gasteiger partial charge in [0.2, 0.25) is 5.91 Å². The molecule has 1 aromatic rings. The van der Waals surface area contributed by atoms with Crippen LogP contribution in [-0.2, 0) is 14.4 Å². The summed E-state index contributed by atoms with van der Waals surface area (Å²) >= 11 is 6.21. The number of carboxylic acid groups (broad SMARTS) is 1. The van der Waals surface area contributed by atoms with Gasteiger partial charge in [-0.25, -0.2) is 0 Å². The van der Waals surface area contributed by atoms with Crippen molar-refractivity contribution >= 4 is 52.2 Å². The molecule has 2 rings (SSSR count). The number of thioether (sulfide) groups is 1. The van der Waals surface area contributed by atoms with Crippen molar-refractivity contribution < 1.29 is 23.9 Å². The highest BCUT2D eigenvalue weighted by molar-refractivity contribution is 8.26. The first-order valence-corrected chi connectivity index (χ1v) is 7.87. The van der Waals surface area contributed by atoms with Gasteiger partial charge in [0.1, 0.15) is 22.2 Å². The Morgan fingerprint density at radius 2 is 2.17 bits per heavy atom. The van der Waals surface area contributed by atoms with E-state index in [1.54, 1.807) is 18.2 Å². The molecule has 2 unspecified atom stereocenters. The van der Waals surface area contributed by atoms with E-state index in [-0.39, 0.29) is 4.32 Å². The second-order valence-electron chi connectivity index (χ2n) is 4.81. The smallest absolute Gasteiger partial charge is 0.325 e. The maximum absolute atomic E-state index is 12.4. The second kappa shape index (κ2) is 6.97. The van der Waals surface area contributed by atoms with E-state index in [0.717, 1.165) is 11.8 Å². The molecular weight excluding hydrogens is 340 g/mol. The fourth-order valence-electron chi connectivity index (χ4n) is 1.83. The van der Waals surface area contributed by atoms with Gasteiger partial charge >= 0.3 is 5.97 Å². The lowest BCUT2D eigenvalue weighted by Gasteiger charge is -2.23. The summed E-state index contributed by atoms with van der Waals surface area (Å²) in [6, 6.07) is 1.42. The zero-order valence-corrected chi connectivity index (χ0v) is 13.9. The molecule has 0 spiro atoms. The van der Waals surface area contributed by atoms with E-state index >= 15 is 0 Å². The van der Waals surface area contributed by atoms with Gasteiger partial charge in [0.25, 0.3) is 5.91 Å². The van der Waals surface area contributed by atoms with Crippen molar-refractivity contribution in [3.8, 4) is 0 Å². The highest BCUT2D eigenvalue weighted by Gasteiger charge is 2.38. The summed E-state index contributed by atoms with van der Waals surface area (Å²) in [6.45, 7) is 2.83. The molecule has 0 bridgehead atoms. The number of amides is 2. The van der Waals surface area contributed by atoms with E-state index in [1.807, 2.05) is 0 Å². The van der Waals surface area contributed by atoms with Gasteiger partial charge < -0.3 is 14.8 Å². The van der Waals surface area contributed by atoms with Crippen LogP contribution in [0.2, 0.25) is 0 Å². The molecule has 9 heteroatoms. The van der Waals surface area contributed by atoms with E-state index < -0.39 is 29.9 Å². The normalized spacial score (nSPS) is 19.0. The monoisotopic (exact) mass is 354 g/mol. The number of rotatable bonds is 5. The van der Waals surface area contributed by atoms with E-state index in [2.05, 4.69) is 5.32 Å². The number of aliphatic carboxylic acids is 1. The highest BCUT2D eigenvalue weighted by Crippen LogP contribution is 2.34. The lowest BCUT2D eigenvalue weighted by molar-refractivity contribution is -0.142. The third-order valence-electron chi connectivity index (χ3n) is 3.14. The van der Waals surface area contributed by atoms with Crippen molar-refractivity contribution in [3.63, 3.8) is 0 Å². The molecule has 0 saturated carbocycles. The van der Waals surface area contributed by atoms with E-state index in [9.17, 15) is 14.4 Å². The van der Waals surface area contributed by atoms with E-state index in [0.29, 0.717) is 10.7 Å². The van der Waals surface area contributed by atoms with Crippen LogP contribution in [0.1, 0.15) is 19.6 Å². The van der Waals surface area contributed by atoms with Gasteiger partial charge in [-0.3, -0.25) is 19.3 Å². The molecule has 1 aliphatic heterocycles. The Balaban J connectivity index is 2.13. The topological polar surface area (TPSA) is 99.9 Å². The van der Waals surface area contributed by atoms with Crippen molar-refractivity contribution in [1.29, 1.82) is 0 Å². The number of hydrogen-bond donors (Lipinski definition) is 2. The van der Waals surface area contributed by atoms with Crippen molar-refractivity contribution in [3.05, 3.63) is 29.1 Å². The van der Waals surface area contributed by atoms with Gasteiger partial charge in [-0.2, -0.15) is 0 Å². The maximum atomic E-state index is 12.4. The highest BCUT2D eigenvalue weighted by atomic mass is 32.2. The average Bonchev–Trinajstić information content (AvgIpc) is 3.07. The molecule has 0 radical (unpaired) electrons. The minimum absolute atomic E-state index is 0.235. The summed E-state index contributed by atoms with van der Waals surface area (Å²) in [5.41, 5.74) is 0. The van der Waals surface area contributed by atoms with Crippen LogP contribution in [0.25, 0.3) is 6.08 Å².